The van der Waals surface area contributed by atoms with Gasteiger partial charge in [-0.25, -0.2) is 0 Å². The molecule has 10 heavy (non-hydrogen) atoms. The molecule has 56 valence electrons. The van der Waals surface area contributed by atoms with Crippen LogP contribution in [0.25, 0.3) is 0 Å². The third-order valence-electron chi connectivity index (χ3n) is 0.478. The van der Waals surface area contributed by atoms with E-state index in [1.165, 1.54) is 0 Å². The fraction of sp³-hybridized carbons (Fsp3) is 0.500. The summed E-state index contributed by atoms with van der Waals surface area (Å²) in [6.45, 7) is 6.50. The van der Waals surface area contributed by atoms with Gasteiger partial charge < -0.3 is 0 Å². The van der Waals surface area contributed by atoms with E-state index in [0.29, 0.717) is 0 Å². The minimum absolute atomic E-state index is 0.833. The Kier molecular flexibility index (Phi) is 5.63. The summed E-state index contributed by atoms with van der Waals surface area (Å²) in [5, 5.41) is 0. The van der Waals surface area contributed by atoms with Crippen LogP contribution in [0.4, 0.5) is 0 Å². The van der Waals surface area contributed by atoms with Crippen LogP contribution in [0.3, 0.4) is 0 Å². The molecule has 0 fully saturated rings. The molecular weight excluding hydrogens is 124 g/mol. The third kappa shape index (κ3) is 10.1. The molecule has 0 N–H and O–H groups in total. The largest absolute Gasteiger partial charge is 0.262 e. The molecule has 1 heterocycles. The van der Waals surface area contributed by atoms with Crippen molar-refractivity contribution in [2.75, 3.05) is 0 Å². The molecule has 2 nitrogen and oxygen atoms in total. The lowest BCUT2D eigenvalue weighted by molar-refractivity contribution is 0.737. The van der Waals surface area contributed by atoms with Crippen LogP contribution < -0.4 is 0 Å². The van der Waals surface area contributed by atoms with E-state index in [-0.39, 0.29) is 0 Å². The molecule has 0 unspecified atom stereocenters. The third-order valence-corrected chi connectivity index (χ3v) is 0.478. The molecule has 1 aromatic heterocycles. The molecule has 0 saturated heterocycles. The zero-order chi connectivity index (χ0) is 7.82. The van der Waals surface area contributed by atoms with E-state index >= 15 is 0 Å². The van der Waals surface area contributed by atoms with E-state index in [1.807, 2.05) is 0 Å². The van der Waals surface area contributed by atoms with Crippen molar-refractivity contribution in [3.05, 3.63) is 24.8 Å². The van der Waals surface area contributed by atoms with Crippen molar-refractivity contribution in [1.29, 1.82) is 0 Å². The number of hydrogen-bond donors (Lipinski definition) is 0. The zero-order valence-corrected chi connectivity index (χ0v) is 6.78. The van der Waals surface area contributed by atoms with Crippen molar-refractivity contribution in [2.45, 2.75) is 20.8 Å². The van der Waals surface area contributed by atoms with Crippen molar-refractivity contribution >= 4 is 0 Å². The average molecular weight is 138 g/mol. The Bertz CT molecular complexity index is 108. The van der Waals surface area contributed by atoms with Gasteiger partial charge in [-0.3, -0.25) is 9.97 Å². The maximum atomic E-state index is 3.72. The van der Waals surface area contributed by atoms with Crippen LogP contribution in [-0.2, 0) is 0 Å². The van der Waals surface area contributed by atoms with E-state index in [1.54, 1.807) is 24.8 Å². The lowest BCUT2D eigenvalue weighted by Gasteiger charge is -1.79. The summed E-state index contributed by atoms with van der Waals surface area (Å²) >= 11 is 0. The summed E-state index contributed by atoms with van der Waals surface area (Å²) in [5.74, 6) is 0.833. The van der Waals surface area contributed by atoms with Crippen LogP contribution >= 0.6 is 0 Å². The highest BCUT2D eigenvalue weighted by atomic mass is 14.7. The van der Waals surface area contributed by atoms with Crippen molar-refractivity contribution in [3.8, 4) is 0 Å². The molecule has 0 aliphatic heterocycles. The van der Waals surface area contributed by atoms with Crippen LogP contribution in [0.1, 0.15) is 20.8 Å². The van der Waals surface area contributed by atoms with Crippen LogP contribution in [0.5, 0.6) is 0 Å². The van der Waals surface area contributed by atoms with Gasteiger partial charge in [-0.05, 0) is 5.92 Å². The fourth-order valence-electron chi connectivity index (χ4n) is 0.253. The molecule has 0 amide bonds. The van der Waals surface area contributed by atoms with Crippen molar-refractivity contribution in [3.63, 3.8) is 0 Å². The standard InChI is InChI=1S/C4H4N2.C4H10/c1-2-6-4-3-5-1;1-4(2)3/h1-4H;4H,1-3H3. The Balaban J connectivity index is 0.000000180. The summed E-state index contributed by atoms with van der Waals surface area (Å²) < 4.78 is 0. The van der Waals surface area contributed by atoms with Gasteiger partial charge in [0.2, 0.25) is 0 Å². The second-order valence-electron chi connectivity index (χ2n) is 2.63. The Morgan fingerprint density at radius 2 is 1.00 bits per heavy atom. The van der Waals surface area contributed by atoms with E-state index < -0.39 is 0 Å². The SMILES string of the molecule is CC(C)C.c1cnccn1. The number of hydrogen-bond acceptors (Lipinski definition) is 2. The van der Waals surface area contributed by atoms with Crippen LogP contribution in [0.2, 0.25) is 0 Å². The van der Waals surface area contributed by atoms with Gasteiger partial charge in [0.25, 0.3) is 0 Å². The van der Waals surface area contributed by atoms with E-state index in [9.17, 15) is 0 Å². The molecule has 0 atom stereocenters. The first-order valence-corrected chi connectivity index (χ1v) is 3.43. The van der Waals surface area contributed by atoms with E-state index in [0.717, 1.165) is 5.92 Å². The number of aromatic nitrogens is 2. The fourth-order valence-corrected chi connectivity index (χ4v) is 0.253. The first-order chi connectivity index (χ1) is 4.73. The topological polar surface area (TPSA) is 25.8 Å². The van der Waals surface area contributed by atoms with Gasteiger partial charge in [-0.15, -0.1) is 0 Å². The minimum Gasteiger partial charge on any atom is -0.262 e. The Hall–Kier alpha value is -0.920. The van der Waals surface area contributed by atoms with Gasteiger partial charge in [0.05, 0.1) is 0 Å². The van der Waals surface area contributed by atoms with Crippen LogP contribution in [0.15, 0.2) is 24.8 Å². The van der Waals surface area contributed by atoms with E-state index in [2.05, 4.69) is 30.7 Å². The monoisotopic (exact) mass is 138 g/mol. The molecule has 0 spiro atoms. The zero-order valence-electron chi connectivity index (χ0n) is 6.78. The predicted molar refractivity (Wildman–Crippen MR) is 42.5 cm³/mol. The molecule has 0 bridgehead atoms. The first kappa shape index (κ1) is 9.08. The van der Waals surface area contributed by atoms with Crippen LogP contribution in [-0.4, -0.2) is 9.97 Å². The van der Waals surface area contributed by atoms with Gasteiger partial charge in [0.15, 0.2) is 0 Å². The molecule has 0 aliphatic rings. The quantitative estimate of drug-likeness (QED) is 0.549. The normalized spacial score (nSPS) is 8.40. The maximum Gasteiger partial charge on any atom is 0.0451 e. The minimum atomic E-state index is 0.833. The van der Waals surface area contributed by atoms with Gasteiger partial charge in [-0.2, -0.15) is 0 Å². The highest BCUT2D eigenvalue weighted by Crippen LogP contribution is 1.81. The summed E-state index contributed by atoms with van der Waals surface area (Å²) in [5.41, 5.74) is 0. The average Bonchev–Trinajstić information content (AvgIpc) is 1.90. The van der Waals surface area contributed by atoms with Gasteiger partial charge in [0, 0.05) is 24.8 Å². The van der Waals surface area contributed by atoms with Gasteiger partial charge in [0.1, 0.15) is 0 Å². The maximum absolute atomic E-state index is 3.72. The molecule has 1 aromatic rings. The summed E-state index contributed by atoms with van der Waals surface area (Å²) in [7, 11) is 0. The van der Waals surface area contributed by atoms with Crippen molar-refractivity contribution in [1.82, 2.24) is 9.97 Å². The molecule has 2 heteroatoms. The molecule has 1 rings (SSSR count). The Labute approximate surface area is 62.3 Å². The van der Waals surface area contributed by atoms with Crippen molar-refractivity contribution in [2.24, 2.45) is 5.92 Å². The molecule has 0 aliphatic carbocycles. The lowest BCUT2D eigenvalue weighted by atomic mass is 10.3. The summed E-state index contributed by atoms with van der Waals surface area (Å²) in [6, 6.07) is 0. The number of nitrogens with zero attached hydrogens (tertiary/aromatic N) is 2. The van der Waals surface area contributed by atoms with Gasteiger partial charge in [-0.1, -0.05) is 20.8 Å². The van der Waals surface area contributed by atoms with Crippen molar-refractivity contribution < 1.29 is 0 Å². The van der Waals surface area contributed by atoms with Gasteiger partial charge >= 0.3 is 0 Å². The number of rotatable bonds is 0. The second-order valence-corrected chi connectivity index (χ2v) is 2.63. The molecule has 0 aromatic carbocycles. The predicted octanol–water partition coefficient (Wildman–Crippen LogP) is 2.14. The smallest absolute Gasteiger partial charge is 0.0451 e. The molecule has 0 radical (unpaired) electrons. The van der Waals surface area contributed by atoms with Crippen LogP contribution in [0, 0.1) is 5.92 Å². The highest BCUT2D eigenvalue weighted by molar-refractivity contribution is 4.70. The Morgan fingerprint density at radius 1 is 0.800 bits per heavy atom. The Morgan fingerprint density at radius 3 is 1.10 bits per heavy atom. The van der Waals surface area contributed by atoms with E-state index in [4.69, 9.17) is 0 Å². The highest BCUT2D eigenvalue weighted by Gasteiger charge is 1.68. The lowest BCUT2D eigenvalue weighted by Crippen LogP contribution is -1.66. The first-order valence-electron chi connectivity index (χ1n) is 3.43. The second kappa shape index (κ2) is 6.20. The molecule has 0 saturated carbocycles. The summed E-state index contributed by atoms with van der Waals surface area (Å²) in [4.78, 5) is 7.44. The summed E-state index contributed by atoms with van der Waals surface area (Å²) in [6.07, 6.45) is 6.56. The molecular formula is C8H14N2.